The van der Waals surface area contributed by atoms with E-state index in [1.165, 1.54) is 24.3 Å². The van der Waals surface area contributed by atoms with Crippen LogP contribution in [0.2, 0.25) is 0 Å². The third-order valence-corrected chi connectivity index (χ3v) is 6.67. The number of anilines is 3. The minimum absolute atomic E-state index is 0. The summed E-state index contributed by atoms with van der Waals surface area (Å²) in [5, 5.41) is 11.1. The summed E-state index contributed by atoms with van der Waals surface area (Å²) in [5.41, 5.74) is 16.1. The monoisotopic (exact) mass is 670 g/mol. The molecule has 264 valence electrons. The van der Waals surface area contributed by atoms with Gasteiger partial charge in [-0.3, -0.25) is 10.1 Å². The highest BCUT2D eigenvalue weighted by Crippen LogP contribution is 2.30. The molecule has 0 aromatic heterocycles. The quantitative estimate of drug-likeness (QED) is 0.167. The maximum absolute atomic E-state index is 13.2. The van der Waals surface area contributed by atoms with Gasteiger partial charge in [-0.05, 0) is 71.9 Å². The first kappa shape index (κ1) is 40.2. The SMILES string of the molecule is CC(C)(C)OC(=O)N1CCN(c2ccc(F)cc2N)CC1.CC(C)(C)OC(=O)N1CCN(c2ccc(F)cc2[N+](=O)[O-])CC1.N=N.O.[HH]. The molecule has 0 radical (unpaired) electrons. The lowest BCUT2D eigenvalue weighted by molar-refractivity contribution is -0.384. The van der Waals surface area contributed by atoms with Gasteiger partial charge in [0.15, 0.2) is 0 Å². The number of nitrogen functional groups attached to an aromatic ring is 1. The molecule has 17 heteroatoms. The molecule has 2 aliphatic heterocycles. The van der Waals surface area contributed by atoms with Crippen LogP contribution in [0.1, 0.15) is 43.0 Å². The van der Waals surface area contributed by atoms with Gasteiger partial charge < -0.3 is 40.3 Å². The van der Waals surface area contributed by atoms with Crippen LogP contribution in [0.5, 0.6) is 0 Å². The van der Waals surface area contributed by atoms with Gasteiger partial charge in [0.1, 0.15) is 28.5 Å². The molecule has 2 saturated heterocycles. The van der Waals surface area contributed by atoms with Crippen molar-refractivity contribution in [2.24, 2.45) is 0 Å². The zero-order valence-electron chi connectivity index (χ0n) is 27.6. The van der Waals surface area contributed by atoms with E-state index >= 15 is 0 Å². The van der Waals surface area contributed by atoms with Crippen molar-refractivity contribution in [3.05, 3.63) is 58.1 Å². The molecule has 2 fully saturated rings. The lowest BCUT2D eigenvalue weighted by Crippen LogP contribution is -2.50. The third-order valence-electron chi connectivity index (χ3n) is 6.67. The van der Waals surface area contributed by atoms with Crippen molar-refractivity contribution in [2.45, 2.75) is 52.7 Å². The van der Waals surface area contributed by atoms with E-state index in [0.717, 1.165) is 11.8 Å². The topological polar surface area (TPSA) is 214 Å². The second kappa shape index (κ2) is 17.2. The van der Waals surface area contributed by atoms with E-state index in [2.05, 4.69) is 4.90 Å². The standard InChI is InChI=1S/C15H20FN3O4.C15H22FN3O2.H2N2.H2O.H2/c1-15(2,3)23-14(20)18-8-6-17(7-9-18)12-5-4-11(16)10-13(12)19(21)22;1-15(2,3)21-14(20)19-8-6-18(7-9-19)13-5-4-11(16)10-12(13)17;1-2;;/h4-5,10H,6-9H2,1-3H3;4-5,10H,6-9,17H2,1-3H3;1-2H;1H2;1H. The Kier molecular flexibility index (Phi) is 14.7. The number of carbonyl (C=O) groups is 2. The van der Waals surface area contributed by atoms with Crippen LogP contribution < -0.4 is 15.5 Å². The van der Waals surface area contributed by atoms with Crippen LogP contribution in [0, 0.1) is 32.8 Å². The van der Waals surface area contributed by atoms with E-state index < -0.39 is 28.0 Å². The van der Waals surface area contributed by atoms with E-state index in [1.54, 1.807) is 41.5 Å². The lowest BCUT2D eigenvalue weighted by Gasteiger charge is -2.37. The average molecular weight is 671 g/mol. The number of nitro groups is 1. The van der Waals surface area contributed by atoms with E-state index in [0.29, 0.717) is 63.7 Å². The van der Waals surface area contributed by atoms with Gasteiger partial charge in [0.05, 0.1) is 22.4 Å². The molecule has 6 N–H and O–H groups in total. The Labute approximate surface area is 274 Å². The Morgan fingerprint density at radius 3 is 1.49 bits per heavy atom. The second-order valence-electron chi connectivity index (χ2n) is 12.5. The summed E-state index contributed by atoms with van der Waals surface area (Å²) in [6, 6.07) is 7.89. The number of carbonyl (C=O) groups excluding carboxylic acids is 2. The highest BCUT2D eigenvalue weighted by Gasteiger charge is 2.29. The van der Waals surface area contributed by atoms with Gasteiger partial charge in [0.25, 0.3) is 5.69 Å². The molecule has 2 heterocycles. The zero-order chi connectivity index (χ0) is 34.8. The Bertz CT molecular complexity index is 1360. The smallest absolute Gasteiger partial charge is 0.410 e. The Morgan fingerprint density at radius 2 is 1.13 bits per heavy atom. The molecule has 0 atom stereocenters. The fourth-order valence-electron chi connectivity index (χ4n) is 4.64. The van der Waals surface area contributed by atoms with Crippen LogP contribution in [-0.2, 0) is 9.47 Å². The number of ether oxygens (including phenoxy) is 2. The van der Waals surface area contributed by atoms with Crippen molar-refractivity contribution in [3.63, 3.8) is 0 Å². The minimum atomic E-state index is -0.646. The first-order chi connectivity index (χ1) is 21.4. The number of nitrogens with one attached hydrogen (secondary N) is 2. The van der Waals surface area contributed by atoms with Crippen molar-refractivity contribution in [1.29, 1.82) is 11.1 Å². The van der Waals surface area contributed by atoms with Crippen molar-refractivity contribution < 1.29 is 39.7 Å². The van der Waals surface area contributed by atoms with Crippen LogP contribution >= 0.6 is 0 Å². The summed E-state index contributed by atoms with van der Waals surface area (Å²) in [6.45, 7) is 15.0. The molecule has 4 rings (SSSR count). The molecule has 47 heavy (non-hydrogen) atoms. The van der Waals surface area contributed by atoms with E-state index in [-0.39, 0.29) is 24.5 Å². The molecule has 2 aromatic rings. The summed E-state index contributed by atoms with van der Waals surface area (Å²) in [5.74, 6) is -0.989. The first-order valence-corrected chi connectivity index (χ1v) is 14.6. The fraction of sp³-hybridized carbons (Fsp3) is 0.533. The van der Waals surface area contributed by atoms with Crippen molar-refractivity contribution in [3.8, 4) is 0 Å². The number of piperazine rings is 2. The number of amides is 2. The molecule has 0 bridgehead atoms. The maximum Gasteiger partial charge on any atom is 0.410 e. The predicted molar refractivity (Wildman–Crippen MR) is 175 cm³/mol. The van der Waals surface area contributed by atoms with Crippen molar-refractivity contribution >= 4 is 34.9 Å². The fourth-order valence-corrected chi connectivity index (χ4v) is 4.64. The number of nitrogens with two attached hydrogens (primary N) is 1. The summed E-state index contributed by atoms with van der Waals surface area (Å²) >= 11 is 0. The zero-order valence-corrected chi connectivity index (χ0v) is 27.6. The lowest BCUT2D eigenvalue weighted by atomic mass is 10.2. The average Bonchev–Trinajstić information content (AvgIpc) is 2.97. The predicted octanol–water partition coefficient (Wildman–Crippen LogP) is 5.27. The normalized spacial score (nSPS) is 14.8. The Hall–Kier alpha value is -4.80. The van der Waals surface area contributed by atoms with Crippen molar-refractivity contribution in [1.82, 2.24) is 9.80 Å². The number of hydrogen-bond donors (Lipinski definition) is 3. The number of halogens is 2. The van der Waals surface area contributed by atoms with Crippen LogP contribution in [0.3, 0.4) is 0 Å². The highest BCUT2D eigenvalue weighted by atomic mass is 19.1. The molecule has 0 saturated carbocycles. The van der Waals surface area contributed by atoms with Gasteiger partial charge in [-0.1, -0.05) is 0 Å². The molecule has 0 aliphatic carbocycles. The van der Waals surface area contributed by atoms with Gasteiger partial charge >= 0.3 is 12.2 Å². The molecular formula is C30H48F2N8O7. The summed E-state index contributed by atoms with van der Waals surface area (Å²) in [6.07, 6.45) is -0.694. The highest BCUT2D eigenvalue weighted by molar-refractivity contribution is 5.71. The van der Waals surface area contributed by atoms with E-state index in [1.807, 2.05) is 20.8 Å². The number of rotatable bonds is 3. The van der Waals surface area contributed by atoms with Crippen LogP contribution in [0.25, 0.3) is 0 Å². The molecule has 0 spiro atoms. The minimum Gasteiger partial charge on any atom is -0.444 e. The molecule has 0 unspecified atom stereocenters. The first-order valence-electron chi connectivity index (χ1n) is 14.6. The largest absolute Gasteiger partial charge is 0.444 e. The number of hydrogen-bond acceptors (Lipinski definition) is 11. The maximum atomic E-state index is 13.2. The Morgan fingerprint density at radius 1 is 0.766 bits per heavy atom. The summed E-state index contributed by atoms with van der Waals surface area (Å²) in [7, 11) is 0. The van der Waals surface area contributed by atoms with Gasteiger partial charge in [-0.15, -0.1) is 0 Å². The number of nitro benzene ring substituents is 1. The molecular weight excluding hydrogens is 622 g/mol. The van der Waals surface area contributed by atoms with Gasteiger partial charge in [0.2, 0.25) is 0 Å². The molecule has 2 aromatic carbocycles. The Balaban J connectivity index is 0.000000844. The van der Waals surface area contributed by atoms with Crippen LogP contribution in [0.15, 0.2) is 36.4 Å². The summed E-state index contributed by atoms with van der Waals surface area (Å²) < 4.78 is 36.9. The van der Waals surface area contributed by atoms with Gasteiger partial charge in [-0.25, -0.2) is 29.4 Å². The van der Waals surface area contributed by atoms with E-state index in [9.17, 15) is 28.5 Å². The van der Waals surface area contributed by atoms with Crippen LogP contribution in [-0.4, -0.2) is 95.9 Å². The van der Waals surface area contributed by atoms with Crippen LogP contribution in [0.4, 0.5) is 41.1 Å². The number of benzene rings is 2. The molecule has 15 nitrogen and oxygen atoms in total. The van der Waals surface area contributed by atoms with Crippen molar-refractivity contribution in [2.75, 3.05) is 67.9 Å². The molecule has 2 amide bonds. The second-order valence-corrected chi connectivity index (χ2v) is 12.5. The van der Waals surface area contributed by atoms with Gasteiger partial charge in [-0.2, -0.15) is 0 Å². The van der Waals surface area contributed by atoms with E-state index in [4.69, 9.17) is 26.3 Å². The van der Waals surface area contributed by atoms with Gasteiger partial charge in [0, 0.05) is 53.8 Å². The third kappa shape index (κ3) is 12.5. The molecule has 2 aliphatic rings. The number of nitrogens with zero attached hydrogens (tertiary/aromatic N) is 5. The summed E-state index contributed by atoms with van der Waals surface area (Å²) in [4.78, 5) is 41.5.